The lowest BCUT2D eigenvalue weighted by Gasteiger charge is -2.36. The van der Waals surface area contributed by atoms with Gasteiger partial charge in [0, 0.05) is 18.8 Å². The molecule has 0 aromatic heterocycles. The van der Waals surface area contributed by atoms with E-state index in [0.717, 1.165) is 5.92 Å². The summed E-state index contributed by atoms with van der Waals surface area (Å²) in [4.78, 5) is 2.54. The molecule has 0 spiro atoms. The molecule has 0 N–H and O–H groups in total. The van der Waals surface area contributed by atoms with Gasteiger partial charge in [-0.2, -0.15) is 0 Å². The van der Waals surface area contributed by atoms with Crippen LogP contribution in [0.5, 0.6) is 0 Å². The zero-order valence-electron chi connectivity index (χ0n) is 16.1. The number of aryl methyl sites for hydroxylation is 1. The highest BCUT2D eigenvalue weighted by Crippen LogP contribution is 2.40. The van der Waals surface area contributed by atoms with E-state index in [4.69, 9.17) is 0 Å². The number of likely N-dealkylation sites (tertiary alicyclic amines) is 1. The maximum atomic E-state index is 4.31. The van der Waals surface area contributed by atoms with E-state index in [0.29, 0.717) is 5.92 Å². The highest BCUT2D eigenvalue weighted by molar-refractivity contribution is 5.69. The Bertz CT molecular complexity index is 557. The molecule has 2 aliphatic rings. The number of benzene rings is 1. The van der Waals surface area contributed by atoms with E-state index in [1.54, 1.807) is 5.57 Å². The van der Waals surface area contributed by atoms with Crippen molar-refractivity contribution < 1.29 is 0 Å². The molecule has 1 heteroatoms. The van der Waals surface area contributed by atoms with Crippen LogP contribution < -0.4 is 0 Å². The first-order chi connectivity index (χ1) is 11.6. The number of hydrogen-bond acceptors (Lipinski definition) is 1. The van der Waals surface area contributed by atoms with Gasteiger partial charge in [0.05, 0.1) is 0 Å². The summed E-state index contributed by atoms with van der Waals surface area (Å²) in [5.41, 5.74) is 5.80. The molecule has 0 atom stereocenters. The van der Waals surface area contributed by atoms with Gasteiger partial charge in [0.1, 0.15) is 0 Å². The van der Waals surface area contributed by atoms with Crippen molar-refractivity contribution >= 4 is 5.57 Å². The Kier molecular flexibility index (Phi) is 7.15. The van der Waals surface area contributed by atoms with E-state index in [1.807, 2.05) is 0 Å². The van der Waals surface area contributed by atoms with Gasteiger partial charge in [-0.1, -0.05) is 57.2 Å². The van der Waals surface area contributed by atoms with Crippen molar-refractivity contribution in [1.29, 1.82) is 0 Å². The molecule has 2 fully saturated rings. The fourth-order valence-corrected chi connectivity index (χ4v) is 3.66. The lowest BCUT2D eigenvalue weighted by molar-refractivity contribution is 0.246. The fourth-order valence-electron chi connectivity index (χ4n) is 3.66. The molecule has 0 radical (unpaired) electrons. The van der Waals surface area contributed by atoms with Crippen molar-refractivity contribution in [2.75, 3.05) is 13.1 Å². The maximum absolute atomic E-state index is 4.31. The Morgan fingerprint density at radius 3 is 2.17 bits per heavy atom. The molecule has 1 saturated carbocycles. The molecule has 1 nitrogen and oxygen atoms in total. The molecule has 1 aromatic rings. The van der Waals surface area contributed by atoms with Gasteiger partial charge in [-0.25, -0.2) is 0 Å². The van der Waals surface area contributed by atoms with E-state index in [9.17, 15) is 0 Å². The Hall–Kier alpha value is -1.50. The number of nitrogens with zero attached hydrogens (tertiary/aromatic N) is 1. The standard InChI is InChI=1S/C20H27N.C3H8/c1-4-19(20-8-6-5-7-15(20)2)18-11-13-21(14-12-18)16(3)17-9-10-17;1-3-2/h4-8,17-18H,3,9-14H2,1-2H3;3H2,1-2H3/b19-4-;. The summed E-state index contributed by atoms with van der Waals surface area (Å²) < 4.78 is 0. The molecule has 132 valence electrons. The highest BCUT2D eigenvalue weighted by atomic mass is 15.1. The molecule has 1 aliphatic heterocycles. The minimum Gasteiger partial charge on any atom is -0.375 e. The molecule has 0 unspecified atom stereocenters. The fraction of sp³-hybridized carbons (Fsp3) is 0.565. The topological polar surface area (TPSA) is 3.24 Å². The second-order valence-electron chi connectivity index (χ2n) is 7.29. The lowest BCUT2D eigenvalue weighted by atomic mass is 9.83. The summed E-state index contributed by atoms with van der Waals surface area (Å²) in [7, 11) is 0. The molecule has 0 bridgehead atoms. The zero-order chi connectivity index (χ0) is 17.5. The van der Waals surface area contributed by atoms with Gasteiger partial charge in [-0.15, -0.1) is 0 Å². The third-order valence-electron chi connectivity index (χ3n) is 5.16. The monoisotopic (exact) mass is 325 g/mol. The molecule has 1 heterocycles. The number of piperidine rings is 1. The quantitative estimate of drug-likeness (QED) is 0.615. The second-order valence-corrected chi connectivity index (χ2v) is 7.29. The number of allylic oxidation sites excluding steroid dienone is 3. The van der Waals surface area contributed by atoms with Crippen molar-refractivity contribution in [2.24, 2.45) is 11.8 Å². The van der Waals surface area contributed by atoms with Crippen LogP contribution in [0.3, 0.4) is 0 Å². The van der Waals surface area contributed by atoms with Crippen LogP contribution in [0.4, 0.5) is 0 Å². The average Bonchev–Trinajstić information content (AvgIpc) is 3.43. The van der Waals surface area contributed by atoms with E-state index < -0.39 is 0 Å². The third kappa shape index (κ3) is 4.75. The zero-order valence-corrected chi connectivity index (χ0v) is 16.1. The molecule has 1 aromatic carbocycles. The second kappa shape index (κ2) is 9.11. The summed E-state index contributed by atoms with van der Waals surface area (Å²) in [5, 5.41) is 0. The van der Waals surface area contributed by atoms with E-state index in [1.165, 1.54) is 62.0 Å². The molecule has 1 aliphatic carbocycles. The van der Waals surface area contributed by atoms with Gasteiger partial charge < -0.3 is 4.90 Å². The van der Waals surface area contributed by atoms with Crippen LogP contribution >= 0.6 is 0 Å². The molecular formula is C23H35N. The summed E-state index contributed by atoms with van der Waals surface area (Å²) in [5.74, 6) is 1.51. The van der Waals surface area contributed by atoms with Crippen molar-refractivity contribution in [3.05, 3.63) is 53.7 Å². The Morgan fingerprint density at radius 1 is 1.08 bits per heavy atom. The predicted molar refractivity (Wildman–Crippen MR) is 107 cm³/mol. The molecular weight excluding hydrogens is 290 g/mol. The maximum Gasteiger partial charge on any atom is 0.0180 e. The Balaban J connectivity index is 0.000000647. The first-order valence-corrected chi connectivity index (χ1v) is 9.78. The van der Waals surface area contributed by atoms with Crippen molar-refractivity contribution in [1.82, 2.24) is 4.90 Å². The van der Waals surface area contributed by atoms with Crippen molar-refractivity contribution in [3.8, 4) is 0 Å². The van der Waals surface area contributed by atoms with Crippen LogP contribution in [0.2, 0.25) is 0 Å². The van der Waals surface area contributed by atoms with Crippen LogP contribution in [0.15, 0.2) is 42.6 Å². The van der Waals surface area contributed by atoms with Gasteiger partial charge in [0.2, 0.25) is 0 Å². The smallest absolute Gasteiger partial charge is 0.0180 e. The van der Waals surface area contributed by atoms with Crippen LogP contribution in [-0.2, 0) is 0 Å². The first-order valence-electron chi connectivity index (χ1n) is 9.78. The largest absolute Gasteiger partial charge is 0.375 e. The van der Waals surface area contributed by atoms with Gasteiger partial charge in [-0.05, 0) is 68.1 Å². The highest BCUT2D eigenvalue weighted by Gasteiger charge is 2.31. The van der Waals surface area contributed by atoms with Crippen LogP contribution in [0, 0.1) is 18.8 Å². The Morgan fingerprint density at radius 2 is 1.67 bits per heavy atom. The number of rotatable bonds is 4. The van der Waals surface area contributed by atoms with Crippen LogP contribution in [-0.4, -0.2) is 18.0 Å². The summed E-state index contributed by atoms with van der Waals surface area (Å²) in [6.07, 6.45) is 8.84. The minimum atomic E-state index is 0.708. The van der Waals surface area contributed by atoms with Gasteiger partial charge in [0.15, 0.2) is 0 Å². The van der Waals surface area contributed by atoms with Gasteiger partial charge in [-0.3, -0.25) is 0 Å². The van der Waals surface area contributed by atoms with E-state index in [-0.39, 0.29) is 0 Å². The summed E-state index contributed by atoms with van der Waals surface area (Å²) in [6.45, 7) is 15.3. The summed E-state index contributed by atoms with van der Waals surface area (Å²) >= 11 is 0. The van der Waals surface area contributed by atoms with Crippen LogP contribution in [0.25, 0.3) is 5.57 Å². The molecule has 0 amide bonds. The first kappa shape index (κ1) is 18.8. The van der Waals surface area contributed by atoms with Gasteiger partial charge >= 0.3 is 0 Å². The number of hydrogen-bond donors (Lipinski definition) is 0. The minimum absolute atomic E-state index is 0.708. The van der Waals surface area contributed by atoms with Crippen LogP contribution in [0.1, 0.15) is 64.0 Å². The third-order valence-corrected chi connectivity index (χ3v) is 5.16. The predicted octanol–water partition coefficient (Wildman–Crippen LogP) is 6.45. The normalized spacial score (nSPS) is 18.8. The van der Waals surface area contributed by atoms with E-state index >= 15 is 0 Å². The van der Waals surface area contributed by atoms with Crippen molar-refractivity contribution in [2.45, 2.75) is 59.8 Å². The average molecular weight is 326 g/mol. The molecule has 24 heavy (non-hydrogen) atoms. The molecule has 3 rings (SSSR count). The lowest BCUT2D eigenvalue weighted by Crippen LogP contribution is -2.33. The van der Waals surface area contributed by atoms with Crippen molar-refractivity contribution in [3.63, 3.8) is 0 Å². The SMILES string of the molecule is C=C(C1CC1)N1CCC(/C(=C/C)c2ccccc2C)CC1.CCC. The van der Waals surface area contributed by atoms with Gasteiger partial charge in [0.25, 0.3) is 0 Å². The molecule has 1 saturated heterocycles. The van der Waals surface area contributed by atoms with E-state index in [2.05, 4.69) is 69.5 Å². The Labute approximate surface area is 149 Å². The summed E-state index contributed by atoms with van der Waals surface area (Å²) in [6, 6.07) is 8.80.